The van der Waals surface area contributed by atoms with Crippen LogP contribution < -0.4 is 5.73 Å². The monoisotopic (exact) mass is 354 g/mol. The summed E-state index contributed by atoms with van der Waals surface area (Å²) in [4.78, 5) is 1.75. The van der Waals surface area contributed by atoms with Gasteiger partial charge in [0.2, 0.25) is 0 Å². The van der Waals surface area contributed by atoms with Crippen LogP contribution in [0.2, 0.25) is 0 Å². The van der Waals surface area contributed by atoms with Gasteiger partial charge in [0, 0.05) is 8.45 Å². The summed E-state index contributed by atoms with van der Waals surface area (Å²) >= 11 is 3.77. The number of nitriles is 1. The normalized spacial score (nSPS) is 10.2. The molecule has 1 aromatic heterocycles. The van der Waals surface area contributed by atoms with E-state index in [-0.39, 0.29) is 0 Å². The van der Waals surface area contributed by atoms with E-state index in [9.17, 15) is 0 Å². The molecule has 0 aliphatic rings. The molecule has 0 aliphatic carbocycles. The van der Waals surface area contributed by atoms with Crippen molar-refractivity contribution in [2.24, 2.45) is 0 Å². The van der Waals surface area contributed by atoms with Crippen LogP contribution in [-0.2, 0) is 6.42 Å². The van der Waals surface area contributed by atoms with E-state index in [4.69, 9.17) is 11.0 Å². The van der Waals surface area contributed by atoms with Crippen molar-refractivity contribution in [3.05, 3.63) is 38.3 Å². The van der Waals surface area contributed by atoms with Crippen LogP contribution in [-0.4, -0.2) is 0 Å². The van der Waals surface area contributed by atoms with Crippen LogP contribution in [0, 0.1) is 14.9 Å². The number of nitrogens with two attached hydrogens (primary N) is 1. The molecule has 0 aliphatic heterocycles. The number of nitrogen functional groups attached to an aromatic ring is 1. The SMILES string of the molecule is CCc1c(-c2cccc(I)c2)sc(C#N)c1N. The number of thiophene rings is 1. The van der Waals surface area contributed by atoms with Crippen molar-refractivity contribution >= 4 is 39.6 Å². The molecule has 1 heterocycles. The molecule has 86 valence electrons. The third kappa shape index (κ3) is 2.31. The highest BCUT2D eigenvalue weighted by atomic mass is 127. The third-order valence-electron chi connectivity index (χ3n) is 2.59. The third-order valence-corrected chi connectivity index (χ3v) is 4.46. The van der Waals surface area contributed by atoms with Gasteiger partial charge >= 0.3 is 0 Å². The average Bonchev–Trinajstić information content (AvgIpc) is 2.65. The van der Waals surface area contributed by atoms with E-state index in [1.807, 2.05) is 6.07 Å². The van der Waals surface area contributed by atoms with Crippen molar-refractivity contribution in [2.75, 3.05) is 5.73 Å². The van der Waals surface area contributed by atoms with E-state index in [0.29, 0.717) is 10.6 Å². The number of hydrogen-bond acceptors (Lipinski definition) is 3. The average molecular weight is 354 g/mol. The van der Waals surface area contributed by atoms with Gasteiger partial charge in [-0.05, 0) is 52.3 Å². The first-order valence-corrected chi connectivity index (χ1v) is 7.14. The first-order chi connectivity index (χ1) is 8.17. The molecule has 2 aromatic rings. The fourth-order valence-electron chi connectivity index (χ4n) is 1.77. The maximum atomic E-state index is 9.03. The van der Waals surface area contributed by atoms with E-state index in [0.717, 1.165) is 22.4 Å². The molecule has 2 nitrogen and oxygen atoms in total. The van der Waals surface area contributed by atoms with Crippen molar-refractivity contribution in [1.82, 2.24) is 0 Å². The Balaban J connectivity index is 2.64. The summed E-state index contributed by atoms with van der Waals surface area (Å²) in [6.45, 7) is 2.07. The second-order valence-electron chi connectivity index (χ2n) is 3.63. The molecular formula is C13H11IN2S. The number of benzene rings is 1. The summed E-state index contributed by atoms with van der Waals surface area (Å²) in [5.41, 5.74) is 8.87. The molecule has 0 bridgehead atoms. The molecule has 4 heteroatoms. The Morgan fingerprint density at radius 2 is 2.24 bits per heavy atom. The van der Waals surface area contributed by atoms with Gasteiger partial charge in [-0.3, -0.25) is 0 Å². The predicted octanol–water partition coefficient (Wildman–Crippen LogP) is 4.04. The summed E-state index contributed by atoms with van der Waals surface area (Å²) < 4.78 is 1.19. The number of halogens is 1. The van der Waals surface area contributed by atoms with Gasteiger partial charge in [-0.25, -0.2) is 0 Å². The minimum Gasteiger partial charge on any atom is -0.397 e. The Labute approximate surface area is 118 Å². The molecule has 1 aromatic carbocycles. The lowest BCUT2D eigenvalue weighted by Crippen LogP contribution is -1.91. The van der Waals surface area contributed by atoms with E-state index in [2.05, 4.69) is 53.8 Å². The minimum atomic E-state index is 0.621. The molecule has 0 saturated heterocycles. The fraction of sp³-hybridized carbons (Fsp3) is 0.154. The van der Waals surface area contributed by atoms with E-state index in [1.165, 1.54) is 14.9 Å². The van der Waals surface area contributed by atoms with E-state index in [1.54, 1.807) is 0 Å². The van der Waals surface area contributed by atoms with Gasteiger partial charge in [0.05, 0.1) is 5.69 Å². The first kappa shape index (κ1) is 12.4. The van der Waals surface area contributed by atoms with E-state index >= 15 is 0 Å². The van der Waals surface area contributed by atoms with Gasteiger partial charge in [-0.1, -0.05) is 19.1 Å². The van der Waals surface area contributed by atoms with Crippen molar-refractivity contribution < 1.29 is 0 Å². The minimum absolute atomic E-state index is 0.621. The van der Waals surface area contributed by atoms with Gasteiger partial charge in [0.15, 0.2) is 0 Å². The second-order valence-corrected chi connectivity index (χ2v) is 5.89. The maximum Gasteiger partial charge on any atom is 0.128 e. The second kappa shape index (κ2) is 5.07. The Morgan fingerprint density at radius 1 is 1.47 bits per heavy atom. The highest BCUT2D eigenvalue weighted by Crippen LogP contribution is 2.38. The smallest absolute Gasteiger partial charge is 0.128 e. The van der Waals surface area contributed by atoms with Crippen LogP contribution in [0.5, 0.6) is 0 Å². The summed E-state index contributed by atoms with van der Waals surface area (Å²) in [5, 5.41) is 9.03. The lowest BCUT2D eigenvalue weighted by Gasteiger charge is -2.03. The molecule has 2 rings (SSSR count). The molecule has 0 atom stereocenters. The Kier molecular flexibility index (Phi) is 3.69. The van der Waals surface area contributed by atoms with Crippen LogP contribution in [0.4, 0.5) is 5.69 Å². The molecule has 17 heavy (non-hydrogen) atoms. The van der Waals surface area contributed by atoms with Crippen molar-refractivity contribution in [2.45, 2.75) is 13.3 Å². The highest BCUT2D eigenvalue weighted by molar-refractivity contribution is 14.1. The molecule has 0 saturated carbocycles. The lowest BCUT2D eigenvalue weighted by molar-refractivity contribution is 1.16. The number of nitrogens with zero attached hydrogens (tertiary/aromatic N) is 1. The first-order valence-electron chi connectivity index (χ1n) is 5.24. The molecule has 0 unspecified atom stereocenters. The fourth-order valence-corrected chi connectivity index (χ4v) is 3.42. The number of rotatable bonds is 2. The van der Waals surface area contributed by atoms with Gasteiger partial charge in [0.1, 0.15) is 10.9 Å². The van der Waals surface area contributed by atoms with Crippen LogP contribution >= 0.6 is 33.9 Å². The molecule has 0 fully saturated rings. The lowest BCUT2D eigenvalue weighted by atomic mass is 10.1. The van der Waals surface area contributed by atoms with Crippen LogP contribution in [0.25, 0.3) is 10.4 Å². The Hall–Kier alpha value is -1.06. The summed E-state index contributed by atoms with van der Waals surface area (Å²) in [6, 6.07) is 10.4. The predicted molar refractivity (Wildman–Crippen MR) is 81.0 cm³/mol. The van der Waals surface area contributed by atoms with Crippen LogP contribution in [0.15, 0.2) is 24.3 Å². The number of hydrogen-bond donors (Lipinski definition) is 1. The van der Waals surface area contributed by atoms with Crippen molar-refractivity contribution in [3.8, 4) is 16.5 Å². The largest absolute Gasteiger partial charge is 0.397 e. The van der Waals surface area contributed by atoms with E-state index < -0.39 is 0 Å². The zero-order valence-electron chi connectivity index (χ0n) is 9.33. The zero-order valence-corrected chi connectivity index (χ0v) is 12.3. The Morgan fingerprint density at radius 3 is 2.82 bits per heavy atom. The molecule has 0 spiro atoms. The summed E-state index contributed by atoms with van der Waals surface area (Å²) in [7, 11) is 0. The molecule has 0 radical (unpaired) electrons. The zero-order chi connectivity index (χ0) is 12.4. The summed E-state index contributed by atoms with van der Waals surface area (Å²) in [6.07, 6.45) is 0.852. The molecule has 0 amide bonds. The molecule has 2 N–H and O–H groups in total. The quantitative estimate of drug-likeness (QED) is 0.828. The van der Waals surface area contributed by atoms with Crippen molar-refractivity contribution in [1.29, 1.82) is 5.26 Å². The highest BCUT2D eigenvalue weighted by Gasteiger charge is 2.15. The van der Waals surface area contributed by atoms with Gasteiger partial charge in [-0.15, -0.1) is 11.3 Å². The number of anilines is 1. The van der Waals surface area contributed by atoms with Crippen molar-refractivity contribution in [3.63, 3.8) is 0 Å². The standard InChI is InChI=1S/C13H11IN2S/c1-2-10-12(16)11(7-15)17-13(10)8-4-3-5-9(14)6-8/h3-6H,2,16H2,1H3. The van der Waals surface area contributed by atoms with Crippen LogP contribution in [0.3, 0.4) is 0 Å². The Bertz CT molecular complexity index is 596. The van der Waals surface area contributed by atoms with Gasteiger partial charge in [0.25, 0.3) is 0 Å². The van der Waals surface area contributed by atoms with Gasteiger partial charge < -0.3 is 5.73 Å². The van der Waals surface area contributed by atoms with Crippen LogP contribution in [0.1, 0.15) is 17.4 Å². The topological polar surface area (TPSA) is 49.8 Å². The summed E-state index contributed by atoms with van der Waals surface area (Å²) in [5.74, 6) is 0. The molecular weight excluding hydrogens is 343 g/mol. The van der Waals surface area contributed by atoms with Gasteiger partial charge in [-0.2, -0.15) is 5.26 Å². The maximum absolute atomic E-state index is 9.03.